The maximum Gasteiger partial charge on any atom is 0.0649 e. The van der Waals surface area contributed by atoms with Crippen LogP contribution in [0.2, 0.25) is 0 Å². The van der Waals surface area contributed by atoms with Gasteiger partial charge in [-0.2, -0.15) is 0 Å². The summed E-state index contributed by atoms with van der Waals surface area (Å²) in [5.74, 6) is 0.594. The number of fused-ring (bicyclic) bond motifs is 2. The van der Waals surface area contributed by atoms with Gasteiger partial charge in [0.25, 0.3) is 0 Å². The minimum atomic E-state index is -0.348. The summed E-state index contributed by atoms with van der Waals surface area (Å²) < 4.78 is 0. The van der Waals surface area contributed by atoms with Gasteiger partial charge in [-0.25, -0.2) is 0 Å². The Morgan fingerprint density at radius 3 is 1.97 bits per heavy atom. The van der Waals surface area contributed by atoms with Crippen LogP contribution >= 0.6 is 0 Å². The van der Waals surface area contributed by atoms with Crippen LogP contribution in [0.25, 0.3) is 22.0 Å². The Morgan fingerprint density at radius 2 is 1.43 bits per heavy atom. The standard InChI is InChI=1S/C18H34O2.C15H10N.Ir/c1-5-17(3)11-7-9-13-10-8-12-18(4,6-2)16(20)14(13)15(17)19;1-2-6-12(7-3-1)15-10-13-8-4-5-9-14(13)11-16-15;/h13-16,19-20H,5-12H2,1-4H3;1-6,8-11H;/q;-1;/t13?,14?,15?,16?,17-,18-;;/m0../s1. The maximum atomic E-state index is 11.1. The number of hydrogen-bond acceptors (Lipinski definition) is 3. The van der Waals surface area contributed by atoms with Crippen LogP contribution in [-0.4, -0.2) is 27.4 Å². The van der Waals surface area contributed by atoms with E-state index in [2.05, 4.69) is 56.9 Å². The molecule has 0 aliphatic heterocycles. The zero-order chi connectivity index (χ0) is 25.8. The van der Waals surface area contributed by atoms with E-state index in [4.69, 9.17) is 0 Å². The summed E-state index contributed by atoms with van der Waals surface area (Å²) in [7, 11) is 0. The zero-order valence-electron chi connectivity index (χ0n) is 22.9. The Morgan fingerprint density at radius 1 is 0.865 bits per heavy atom. The number of rotatable bonds is 3. The molecule has 4 heteroatoms. The second kappa shape index (κ2) is 13.0. The van der Waals surface area contributed by atoms with Crippen LogP contribution in [0.15, 0.2) is 60.8 Å². The fourth-order valence-electron chi connectivity index (χ4n) is 6.53. The van der Waals surface area contributed by atoms with Crippen LogP contribution in [0.5, 0.6) is 0 Å². The third-order valence-electron chi connectivity index (χ3n) is 9.58. The minimum Gasteiger partial charge on any atom is -0.392 e. The van der Waals surface area contributed by atoms with E-state index in [1.165, 1.54) is 36.5 Å². The van der Waals surface area contributed by atoms with Gasteiger partial charge in [0.2, 0.25) is 0 Å². The van der Waals surface area contributed by atoms with Gasteiger partial charge in [-0.1, -0.05) is 70.9 Å². The second-order valence-electron chi connectivity index (χ2n) is 11.7. The van der Waals surface area contributed by atoms with Crippen molar-refractivity contribution in [3.8, 4) is 11.3 Å². The maximum absolute atomic E-state index is 11.1. The molecule has 1 aromatic heterocycles. The van der Waals surface area contributed by atoms with Crippen LogP contribution in [0.1, 0.15) is 79.1 Å². The van der Waals surface area contributed by atoms with Gasteiger partial charge in [0.05, 0.1) is 12.2 Å². The predicted octanol–water partition coefficient (Wildman–Crippen LogP) is 7.84. The Bertz CT molecular complexity index is 1090. The molecule has 0 saturated heterocycles. The Balaban J connectivity index is 0.000000204. The molecule has 5 rings (SSSR count). The molecule has 3 nitrogen and oxygen atoms in total. The molecule has 203 valence electrons. The third kappa shape index (κ3) is 6.53. The SMILES string of the molecule is CC[C@@]1(C)CCCC2CCC[C@](C)(CC)C(O)C2C1O.[Ir].[c-]1ccccc1-c1cc2ccccc2cn1. The van der Waals surface area contributed by atoms with E-state index >= 15 is 0 Å². The molecule has 2 aliphatic rings. The largest absolute Gasteiger partial charge is 0.392 e. The molecular formula is C33H44IrNO2-. The van der Waals surface area contributed by atoms with E-state index in [1.807, 2.05) is 42.6 Å². The monoisotopic (exact) mass is 679 g/mol. The summed E-state index contributed by atoms with van der Waals surface area (Å²) in [6.45, 7) is 8.82. The average Bonchev–Trinajstić information content (AvgIpc) is 3.12. The Labute approximate surface area is 237 Å². The number of pyridine rings is 1. The molecule has 2 saturated carbocycles. The van der Waals surface area contributed by atoms with Crippen LogP contribution in [-0.2, 0) is 20.1 Å². The summed E-state index contributed by atoms with van der Waals surface area (Å²) in [5, 5.41) is 24.5. The molecule has 1 heterocycles. The molecule has 2 aliphatic carbocycles. The van der Waals surface area contributed by atoms with Gasteiger partial charge < -0.3 is 15.2 Å². The normalized spacial score (nSPS) is 31.6. The van der Waals surface area contributed by atoms with Crippen molar-refractivity contribution in [2.24, 2.45) is 22.7 Å². The van der Waals surface area contributed by atoms with E-state index in [0.717, 1.165) is 36.9 Å². The molecule has 0 bridgehead atoms. The molecule has 4 atom stereocenters. The Hall–Kier alpha value is -1.58. The molecule has 2 unspecified atom stereocenters. The molecule has 3 aromatic rings. The number of hydrogen-bond donors (Lipinski definition) is 2. The zero-order valence-corrected chi connectivity index (χ0v) is 25.3. The Kier molecular flexibility index (Phi) is 10.5. The smallest absolute Gasteiger partial charge is 0.0649 e. The third-order valence-corrected chi connectivity index (χ3v) is 9.58. The van der Waals surface area contributed by atoms with Crippen molar-refractivity contribution >= 4 is 10.8 Å². The van der Waals surface area contributed by atoms with E-state index in [1.54, 1.807) is 0 Å². The minimum absolute atomic E-state index is 0. The number of aliphatic hydroxyl groups excluding tert-OH is 2. The number of benzene rings is 2. The first-order valence-electron chi connectivity index (χ1n) is 14.0. The quantitative estimate of drug-likeness (QED) is 0.278. The summed E-state index contributed by atoms with van der Waals surface area (Å²) in [6.07, 6.45) is 10.2. The first-order chi connectivity index (χ1) is 17.3. The van der Waals surface area contributed by atoms with Crippen molar-refractivity contribution in [2.75, 3.05) is 0 Å². The average molecular weight is 679 g/mol. The van der Waals surface area contributed by atoms with Crippen LogP contribution in [0.3, 0.4) is 0 Å². The van der Waals surface area contributed by atoms with E-state index in [0.29, 0.717) is 5.92 Å². The molecular weight excluding hydrogens is 635 g/mol. The van der Waals surface area contributed by atoms with Crippen molar-refractivity contribution in [1.82, 2.24) is 4.98 Å². The fourth-order valence-corrected chi connectivity index (χ4v) is 6.53. The van der Waals surface area contributed by atoms with Crippen molar-refractivity contribution < 1.29 is 30.3 Å². The predicted molar refractivity (Wildman–Crippen MR) is 150 cm³/mol. The molecule has 2 N–H and O–H groups in total. The van der Waals surface area contributed by atoms with Gasteiger partial charge in [0, 0.05) is 32.2 Å². The van der Waals surface area contributed by atoms with E-state index in [-0.39, 0.29) is 49.1 Å². The van der Waals surface area contributed by atoms with Crippen molar-refractivity contribution in [1.29, 1.82) is 0 Å². The number of aromatic nitrogens is 1. The van der Waals surface area contributed by atoms with Crippen LogP contribution < -0.4 is 0 Å². The van der Waals surface area contributed by atoms with Gasteiger partial charge in [0.15, 0.2) is 0 Å². The molecule has 2 fully saturated rings. The number of nitrogens with zero attached hydrogens (tertiary/aromatic N) is 1. The van der Waals surface area contributed by atoms with Gasteiger partial charge in [0.1, 0.15) is 0 Å². The first-order valence-corrected chi connectivity index (χ1v) is 14.0. The van der Waals surface area contributed by atoms with Crippen molar-refractivity contribution in [2.45, 2.75) is 91.3 Å². The van der Waals surface area contributed by atoms with Crippen molar-refractivity contribution in [3.05, 3.63) is 66.9 Å². The van der Waals surface area contributed by atoms with Crippen LogP contribution in [0, 0.1) is 28.7 Å². The molecule has 37 heavy (non-hydrogen) atoms. The van der Waals surface area contributed by atoms with Gasteiger partial charge in [-0.15, -0.1) is 35.9 Å². The topological polar surface area (TPSA) is 53.4 Å². The summed E-state index contributed by atoms with van der Waals surface area (Å²) in [4.78, 5) is 4.45. The van der Waals surface area contributed by atoms with Crippen molar-refractivity contribution in [3.63, 3.8) is 0 Å². The molecule has 1 radical (unpaired) electrons. The summed E-state index contributed by atoms with van der Waals surface area (Å²) in [5.41, 5.74) is 1.98. The molecule has 0 amide bonds. The molecule has 2 aromatic carbocycles. The summed E-state index contributed by atoms with van der Waals surface area (Å²) in [6, 6.07) is 21.4. The van der Waals surface area contributed by atoms with Gasteiger partial charge in [-0.05, 0) is 71.7 Å². The molecule has 0 spiro atoms. The van der Waals surface area contributed by atoms with E-state index < -0.39 is 0 Å². The van der Waals surface area contributed by atoms with E-state index in [9.17, 15) is 10.2 Å². The van der Waals surface area contributed by atoms with Gasteiger partial charge in [-0.3, -0.25) is 0 Å². The number of aliphatic hydroxyl groups is 2. The fraction of sp³-hybridized carbons (Fsp3) is 0.545. The summed E-state index contributed by atoms with van der Waals surface area (Å²) >= 11 is 0. The van der Waals surface area contributed by atoms with Gasteiger partial charge >= 0.3 is 0 Å². The first kappa shape index (κ1) is 30.0. The second-order valence-corrected chi connectivity index (χ2v) is 11.7. The van der Waals surface area contributed by atoms with Crippen LogP contribution in [0.4, 0.5) is 0 Å².